The van der Waals surface area contributed by atoms with E-state index in [-0.39, 0.29) is 11.6 Å². The van der Waals surface area contributed by atoms with Gasteiger partial charge in [0.2, 0.25) is 0 Å². The number of nitrogens with one attached hydrogen (secondary N) is 1. The molecule has 0 heterocycles. The predicted octanol–water partition coefficient (Wildman–Crippen LogP) is 8.29. The van der Waals surface area contributed by atoms with Crippen molar-refractivity contribution < 1.29 is 9.53 Å². The van der Waals surface area contributed by atoms with Gasteiger partial charge in [0.1, 0.15) is 5.60 Å². The van der Waals surface area contributed by atoms with Crippen LogP contribution in [0.25, 0.3) is 0 Å². The minimum atomic E-state index is -0.445. The SMILES string of the molecule is CC(C)(C)OC(=O)NC12CCC[C@@H]1C1CCC3C4(C)CC=CC(C)(C)C4CCC3(C)[C@]1(C)CC2. The Hall–Kier alpha value is -0.990. The summed E-state index contributed by atoms with van der Waals surface area (Å²) in [6, 6.07) is 0. The predicted molar refractivity (Wildman–Crippen MR) is 139 cm³/mol. The van der Waals surface area contributed by atoms with Gasteiger partial charge in [0.05, 0.1) is 0 Å². The van der Waals surface area contributed by atoms with Gasteiger partial charge in [-0.1, -0.05) is 53.2 Å². The molecule has 0 aromatic rings. The molecule has 3 nitrogen and oxygen atoms in total. The van der Waals surface area contributed by atoms with Crippen LogP contribution in [0.3, 0.4) is 0 Å². The van der Waals surface area contributed by atoms with Crippen molar-refractivity contribution in [2.24, 2.45) is 45.3 Å². The van der Waals surface area contributed by atoms with Crippen LogP contribution in [0.5, 0.6) is 0 Å². The largest absolute Gasteiger partial charge is 0.444 e. The Bertz CT molecular complexity index is 869. The highest BCUT2D eigenvalue weighted by molar-refractivity contribution is 5.69. The van der Waals surface area contributed by atoms with Crippen LogP contribution in [0.2, 0.25) is 0 Å². The molecule has 1 N–H and O–H groups in total. The van der Waals surface area contributed by atoms with Gasteiger partial charge in [0.25, 0.3) is 0 Å². The Labute approximate surface area is 209 Å². The summed E-state index contributed by atoms with van der Waals surface area (Å²) < 4.78 is 5.75. The average molecular weight is 470 g/mol. The molecule has 3 heteroatoms. The molecule has 0 saturated heterocycles. The van der Waals surface area contributed by atoms with E-state index in [9.17, 15) is 4.79 Å². The lowest BCUT2D eigenvalue weighted by Gasteiger charge is -2.71. The molecule has 5 rings (SSSR count). The fourth-order valence-electron chi connectivity index (χ4n) is 10.9. The van der Waals surface area contributed by atoms with Crippen molar-refractivity contribution in [1.82, 2.24) is 5.32 Å². The summed E-state index contributed by atoms with van der Waals surface area (Å²) >= 11 is 0. The lowest BCUT2D eigenvalue weighted by atomic mass is 9.33. The highest BCUT2D eigenvalue weighted by Crippen LogP contribution is 2.75. The van der Waals surface area contributed by atoms with Gasteiger partial charge < -0.3 is 10.1 Å². The number of ether oxygens (including phenoxy) is 1. The number of rotatable bonds is 1. The summed E-state index contributed by atoms with van der Waals surface area (Å²) in [5.41, 5.74) is 0.993. The third kappa shape index (κ3) is 3.37. The zero-order valence-electron chi connectivity index (χ0n) is 23.4. The second-order valence-electron chi connectivity index (χ2n) is 15.4. The number of carbonyl (C=O) groups excluding carboxylic acids is 1. The van der Waals surface area contributed by atoms with Crippen molar-refractivity contribution in [2.75, 3.05) is 0 Å². The molecule has 6 unspecified atom stereocenters. The highest BCUT2D eigenvalue weighted by Gasteiger charge is 2.69. The molecule has 0 bridgehead atoms. The summed E-state index contributed by atoms with van der Waals surface area (Å²) in [7, 11) is 0. The number of hydrogen-bond acceptors (Lipinski definition) is 2. The van der Waals surface area contributed by atoms with E-state index < -0.39 is 5.60 Å². The number of amides is 1. The summed E-state index contributed by atoms with van der Waals surface area (Å²) in [6.07, 6.45) is 17.6. The highest BCUT2D eigenvalue weighted by atomic mass is 16.6. The molecule has 192 valence electrons. The topological polar surface area (TPSA) is 38.3 Å². The molecule has 0 radical (unpaired) electrons. The van der Waals surface area contributed by atoms with Crippen LogP contribution >= 0.6 is 0 Å². The van der Waals surface area contributed by atoms with Gasteiger partial charge in [-0.05, 0) is 124 Å². The Morgan fingerprint density at radius 2 is 1.59 bits per heavy atom. The second-order valence-corrected chi connectivity index (χ2v) is 15.4. The van der Waals surface area contributed by atoms with Crippen LogP contribution in [-0.2, 0) is 4.74 Å². The van der Waals surface area contributed by atoms with Gasteiger partial charge >= 0.3 is 6.09 Å². The van der Waals surface area contributed by atoms with E-state index in [1.165, 1.54) is 51.4 Å². The number of carbonyl (C=O) groups is 1. The minimum absolute atomic E-state index is 0.0492. The maximum atomic E-state index is 12.9. The number of allylic oxidation sites excluding steroid dienone is 2. The zero-order chi connectivity index (χ0) is 24.8. The summed E-state index contributed by atoms with van der Waals surface area (Å²) in [4.78, 5) is 12.9. The lowest BCUT2D eigenvalue weighted by molar-refractivity contribution is -0.217. The van der Waals surface area contributed by atoms with E-state index in [0.717, 1.165) is 24.7 Å². The van der Waals surface area contributed by atoms with E-state index >= 15 is 0 Å². The van der Waals surface area contributed by atoms with Crippen LogP contribution in [0.15, 0.2) is 12.2 Å². The molecule has 1 amide bonds. The van der Waals surface area contributed by atoms with Gasteiger partial charge in [-0.15, -0.1) is 0 Å². The smallest absolute Gasteiger partial charge is 0.408 e. The molecule has 5 aliphatic carbocycles. The Kier molecular flexibility index (Phi) is 5.46. The molecule has 5 aliphatic rings. The molecule has 0 aromatic carbocycles. The summed E-state index contributed by atoms with van der Waals surface area (Å²) in [6.45, 7) is 18.9. The average Bonchev–Trinajstić information content (AvgIpc) is 3.10. The van der Waals surface area contributed by atoms with Crippen molar-refractivity contribution in [3.63, 3.8) is 0 Å². The molecule has 4 fully saturated rings. The van der Waals surface area contributed by atoms with E-state index in [2.05, 4.69) is 52.1 Å². The van der Waals surface area contributed by atoms with Gasteiger partial charge in [-0.25, -0.2) is 4.79 Å². The quantitative estimate of drug-likeness (QED) is 0.392. The van der Waals surface area contributed by atoms with Crippen LogP contribution in [0.4, 0.5) is 4.79 Å². The van der Waals surface area contributed by atoms with Gasteiger partial charge in [0, 0.05) is 5.54 Å². The third-order valence-corrected chi connectivity index (χ3v) is 12.4. The standard InChI is InChI=1S/C31H51NO2/c1-26(2,3)34-25(33)32-31-17-9-11-22(31)21-12-13-24-28(6)16-10-15-27(4,5)23(28)14-18-30(24,8)29(21,7)19-20-31/h10,15,21-24H,9,11-14,16-20H2,1-8H3,(H,32,33)/t21?,22-,23?,24?,28?,29-,30?,31?/m1/s1. The van der Waals surface area contributed by atoms with E-state index in [0.29, 0.717) is 33.5 Å². The fraction of sp³-hybridized carbons (Fsp3) is 0.903. The second kappa shape index (κ2) is 7.51. The summed E-state index contributed by atoms with van der Waals surface area (Å²) in [5.74, 6) is 2.92. The fourth-order valence-corrected chi connectivity index (χ4v) is 10.9. The molecule has 0 spiro atoms. The monoisotopic (exact) mass is 469 g/mol. The first-order chi connectivity index (χ1) is 15.7. The Morgan fingerprint density at radius 1 is 0.853 bits per heavy atom. The minimum Gasteiger partial charge on any atom is -0.444 e. The maximum absolute atomic E-state index is 12.9. The van der Waals surface area contributed by atoms with Crippen molar-refractivity contribution in [3.8, 4) is 0 Å². The molecule has 0 aromatic heterocycles. The first-order valence-electron chi connectivity index (χ1n) is 14.4. The van der Waals surface area contributed by atoms with Gasteiger partial charge in [-0.2, -0.15) is 0 Å². The van der Waals surface area contributed by atoms with Crippen molar-refractivity contribution in [3.05, 3.63) is 12.2 Å². The molecular weight excluding hydrogens is 418 g/mol. The first kappa shape index (κ1) is 24.7. The third-order valence-electron chi connectivity index (χ3n) is 12.4. The molecular formula is C31H51NO2. The van der Waals surface area contributed by atoms with Crippen LogP contribution < -0.4 is 5.32 Å². The normalized spacial score (nSPS) is 49.3. The van der Waals surface area contributed by atoms with Gasteiger partial charge in [0.15, 0.2) is 0 Å². The number of hydrogen-bond donors (Lipinski definition) is 1. The van der Waals surface area contributed by atoms with E-state index in [1.54, 1.807) is 0 Å². The van der Waals surface area contributed by atoms with E-state index in [1.807, 2.05) is 20.8 Å². The molecule has 4 saturated carbocycles. The lowest BCUT2D eigenvalue weighted by Crippen LogP contribution is -2.67. The first-order valence-corrected chi connectivity index (χ1v) is 14.4. The molecule has 34 heavy (non-hydrogen) atoms. The summed E-state index contributed by atoms with van der Waals surface area (Å²) in [5, 5.41) is 3.48. The molecule has 0 aliphatic heterocycles. The Balaban J connectivity index is 1.44. The maximum Gasteiger partial charge on any atom is 0.408 e. The van der Waals surface area contributed by atoms with Crippen LogP contribution in [-0.4, -0.2) is 17.2 Å². The number of fused-ring (bicyclic) bond motifs is 7. The van der Waals surface area contributed by atoms with Crippen molar-refractivity contribution in [1.29, 1.82) is 0 Å². The number of alkyl carbamates (subject to hydrolysis) is 1. The Morgan fingerprint density at radius 3 is 2.29 bits per heavy atom. The van der Waals surface area contributed by atoms with Crippen LogP contribution in [0, 0.1) is 45.3 Å². The molecule has 8 atom stereocenters. The van der Waals surface area contributed by atoms with Crippen molar-refractivity contribution in [2.45, 2.75) is 131 Å². The van der Waals surface area contributed by atoms with Crippen molar-refractivity contribution >= 4 is 6.09 Å². The van der Waals surface area contributed by atoms with E-state index in [4.69, 9.17) is 4.74 Å². The zero-order valence-corrected chi connectivity index (χ0v) is 23.4. The van der Waals surface area contributed by atoms with Gasteiger partial charge in [-0.3, -0.25) is 0 Å². The van der Waals surface area contributed by atoms with Crippen LogP contribution in [0.1, 0.15) is 120 Å².